The summed E-state index contributed by atoms with van der Waals surface area (Å²) in [5, 5.41) is 3.15. The van der Waals surface area contributed by atoms with Gasteiger partial charge in [0, 0.05) is 0 Å². The van der Waals surface area contributed by atoms with Crippen molar-refractivity contribution in [2.45, 2.75) is 24.8 Å². The summed E-state index contributed by atoms with van der Waals surface area (Å²) in [6.07, 6.45) is 2.99. The fraction of sp³-hybridized carbons (Fsp3) is 0.294. The molecule has 1 aliphatic carbocycles. The summed E-state index contributed by atoms with van der Waals surface area (Å²) in [4.78, 5) is 24.9. The first-order valence-corrected chi connectivity index (χ1v) is 8.02. The summed E-state index contributed by atoms with van der Waals surface area (Å²) in [7, 11) is 1.33. The Labute approximate surface area is 133 Å². The molecule has 2 aromatic rings. The third kappa shape index (κ3) is 2.64. The molecule has 0 saturated heterocycles. The molecule has 1 aliphatic rings. The Morgan fingerprint density at radius 2 is 1.77 bits per heavy atom. The Hall–Kier alpha value is -2.14. The first-order chi connectivity index (χ1) is 10.6. The summed E-state index contributed by atoms with van der Waals surface area (Å²) >= 11 is 1.16. The van der Waals surface area contributed by atoms with Crippen LogP contribution in [0.5, 0.6) is 0 Å². The highest BCUT2D eigenvalue weighted by atomic mass is 32.1. The SMILES string of the molecule is COC(=O)c1ccc(C(=O)NC2(c3ccccc3)CCC2)s1. The molecule has 1 saturated carbocycles. The van der Waals surface area contributed by atoms with Gasteiger partial charge < -0.3 is 10.1 Å². The van der Waals surface area contributed by atoms with Gasteiger partial charge in [0.25, 0.3) is 5.91 Å². The number of carbonyl (C=O) groups excluding carboxylic acids is 2. The third-order valence-corrected chi connectivity index (χ3v) is 5.17. The van der Waals surface area contributed by atoms with Gasteiger partial charge in [-0.15, -0.1) is 11.3 Å². The van der Waals surface area contributed by atoms with Crippen LogP contribution in [0.2, 0.25) is 0 Å². The van der Waals surface area contributed by atoms with Crippen LogP contribution >= 0.6 is 11.3 Å². The Bertz CT molecular complexity index is 689. The molecule has 1 N–H and O–H groups in total. The zero-order valence-electron chi connectivity index (χ0n) is 12.3. The van der Waals surface area contributed by atoms with Crippen molar-refractivity contribution in [3.63, 3.8) is 0 Å². The summed E-state index contributed by atoms with van der Waals surface area (Å²) in [5.41, 5.74) is 0.868. The average molecular weight is 315 g/mol. The number of carbonyl (C=O) groups is 2. The maximum atomic E-state index is 12.5. The second kappa shape index (κ2) is 5.93. The molecule has 0 spiro atoms. The summed E-state index contributed by atoms with van der Waals surface area (Å²) < 4.78 is 4.67. The highest BCUT2D eigenvalue weighted by Crippen LogP contribution is 2.41. The summed E-state index contributed by atoms with van der Waals surface area (Å²) in [6.45, 7) is 0. The van der Waals surface area contributed by atoms with Crippen molar-refractivity contribution in [3.8, 4) is 0 Å². The van der Waals surface area contributed by atoms with Crippen LogP contribution in [0.3, 0.4) is 0 Å². The van der Waals surface area contributed by atoms with E-state index in [0.29, 0.717) is 9.75 Å². The average Bonchev–Trinajstić information content (AvgIpc) is 3.01. The van der Waals surface area contributed by atoms with Gasteiger partial charge in [0.05, 0.1) is 17.5 Å². The predicted molar refractivity (Wildman–Crippen MR) is 85.1 cm³/mol. The lowest BCUT2D eigenvalue weighted by molar-refractivity contribution is 0.0606. The highest BCUT2D eigenvalue weighted by molar-refractivity contribution is 7.15. The number of esters is 1. The van der Waals surface area contributed by atoms with Crippen LogP contribution in [-0.2, 0) is 10.3 Å². The van der Waals surface area contributed by atoms with Crippen LogP contribution in [0.1, 0.15) is 44.2 Å². The second-order valence-corrected chi connectivity index (χ2v) is 6.50. The first-order valence-electron chi connectivity index (χ1n) is 7.21. The van der Waals surface area contributed by atoms with Crippen molar-refractivity contribution in [1.82, 2.24) is 5.32 Å². The van der Waals surface area contributed by atoms with Gasteiger partial charge in [-0.25, -0.2) is 4.79 Å². The number of benzene rings is 1. The van der Waals surface area contributed by atoms with E-state index in [0.717, 1.165) is 36.2 Å². The van der Waals surface area contributed by atoms with Crippen LogP contribution in [-0.4, -0.2) is 19.0 Å². The van der Waals surface area contributed by atoms with Crippen molar-refractivity contribution in [2.24, 2.45) is 0 Å². The molecule has 1 amide bonds. The van der Waals surface area contributed by atoms with Crippen LogP contribution < -0.4 is 5.32 Å². The lowest BCUT2D eigenvalue weighted by Crippen LogP contribution is -2.50. The third-order valence-electron chi connectivity index (χ3n) is 4.10. The number of rotatable bonds is 4. The zero-order valence-corrected chi connectivity index (χ0v) is 13.1. The Morgan fingerprint density at radius 3 is 2.36 bits per heavy atom. The van der Waals surface area contributed by atoms with E-state index >= 15 is 0 Å². The maximum Gasteiger partial charge on any atom is 0.348 e. The summed E-state index contributed by atoms with van der Waals surface area (Å²) in [6, 6.07) is 13.3. The largest absolute Gasteiger partial charge is 0.465 e. The predicted octanol–water partition coefficient (Wildman–Crippen LogP) is 3.34. The quantitative estimate of drug-likeness (QED) is 0.880. The molecule has 3 rings (SSSR count). The minimum atomic E-state index is -0.412. The molecule has 0 bridgehead atoms. The monoisotopic (exact) mass is 315 g/mol. The van der Waals surface area contributed by atoms with Crippen molar-refractivity contribution in [1.29, 1.82) is 0 Å². The summed E-state index contributed by atoms with van der Waals surface area (Å²) in [5.74, 6) is -0.547. The minimum absolute atomic E-state index is 0.135. The maximum absolute atomic E-state index is 12.5. The second-order valence-electron chi connectivity index (χ2n) is 5.41. The van der Waals surface area contributed by atoms with Crippen molar-refractivity contribution >= 4 is 23.2 Å². The smallest absolute Gasteiger partial charge is 0.348 e. The van der Waals surface area contributed by atoms with Crippen molar-refractivity contribution in [3.05, 3.63) is 57.8 Å². The normalized spacial score (nSPS) is 15.7. The minimum Gasteiger partial charge on any atom is -0.465 e. The van der Waals surface area contributed by atoms with Crippen molar-refractivity contribution in [2.75, 3.05) is 7.11 Å². The van der Waals surface area contributed by atoms with E-state index in [4.69, 9.17) is 0 Å². The lowest BCUT2D eigenvalue weighted by atomic mass is 9.72. The topological polar surface area (TPSA) is 55.4 Å². The van der Waals surface area contributed by atoms with Gasteiger partial charge in [-0.3, -0.25) is 4.79 Å². The molecule has 1 fully saturated rings. The van der Waals surface area contributed by atoms with E-state index in [1.54, 1.807) is 12.1 Å². The van der Waals surface area contributed by atoms with Gasteiger partial charge >= 0.3 is 5.97 Å². The molecule has 0 unspecified atom stereocenters. The van der Waals surface area contributed by atoms with Gasteiger partial charge in [0.2, 0.25) is 0 Å². The van der Waals surface area contributed by atoms with E-state index in [9.17, 15) is 9.59 Å². The van der Waals surface area contributed by atoms with Gasteiger partial charge in [-0.2, -0.15) is 0 Å². The Morgan fingerprint density at radius 1 is 1.09 bits per heavy atom. The first kappa shape index (κ1) is 14.8. The molecule has 0 radical (unpaired) electrons. The molecule has 4 nitrogen and oxygen atoms in total. The molecule has 5 heteroatoms. The molecule has 114 valence electrons. The van der Waals surface area contributed by atoms with E-state index in [1.807, 2.05) is 30.3 Å². The van der Waals surface area contributed by atoms with Crippen molar-refractivity contribution < 1.29 is 14.3 Å². The standard InChI is InChI=1S/C17H17NO3S/c1-21-16(20)14-9-8-13(22-14)15(19)18-17(10-5-11-17)12-6-3-2-4-7-12/h2-4,6-9H,5,10-11H2,1H3,(H,18,19). The van der Waals surface area contributed by atoms with Gasteiger partial charge in [-0.05, 0) is 37.0 Å². The highest BCUT2D eigenvalue weighted by Gasteiger charge is 2.40. The lowest BCUT2D eigenvalue weighted by Gasteiger charge is -2.43. The molecule has 0 atom stereocenters. The molecule has 0 aliphatic heterocycles. The molecular weight excluding hydrogens is 298 g/mol. The van der Waals surface area contributed by atoms with E-state index in [2.05, 4.69) is 10.1 Å². The number of amides is 1. The molecule has 1 aromatic carbocycles. The number of hydrogen-bond acceptors (Lipinski definition) is 4. The van der Waals surface area contributed by atoms with Gasteiger partial charge in [0.1, 0.15) is 4.88 Å². The van der Waals surface area contributed by atoms with Crippen LogP contribution in [0.15, 0.2) is 42.5 Å². The number of ether oxygens (including phenoxy) is 1. The zero-order chi connectivity index (χ0) is 15.6. The number of hydrogen-bond donors (Lipinski definition) is 1. The Balaban J connectivity index is 1.78. The van der Waals surface area contributed by atoms with Gasteiger partial charge in [0.15, 0.2) is 0 Å². The number of nitrogens with one attached hydrogen (secondary N) is 1. The molecule has 1 aromatic heterocycles. The molecule has 1 heterocycles. The van der Waals surface area contributed by atoms with Gasteiger partial charge in [-0.1, -0.05) is 30.3 Å². The molecule has 22 heavy (non-hydrogen) atoms. The molecular formula is C17H17NO3S. The van der Waals surface area contributed by atoms with E-state index in [-0.39, 0.29) is 11.4 Å². The fourth-order valence-corrected chi connectivity index (χ4v) is 3.54. The number of thiophene rings is 1. The van der Waals surface area contributed by atoms with E-state index in [1.165, 1.54) is 7.11 Å². The van der Waals surface area contributed by atoms with E-state index < -0.39 is 5.97 Å². The number of methoxy groups -OCH3 is 1. The fourth-order valence-electron chi connectivity index (χ4n) is 2.72. The van der Waals surface area contributed by atoms with Crippen LogP contribution in [0.25, 0.3) is 0 Å². The van der Waals surface area contributed by atoms with Crippen LogP contribution in [0, 0.1) is 0 Å². The Kier molecular flexibility index (Phi) is 3.98. The van der Waals surface area contributed by atoms with Crippen LogP contribution in [0.4, 0.5) is 0 Å².